The second kappa shape index (κ2) is 26.2. The van der Waals surface area contributed by atoms with Crippen LogP contribution in [0.15, 0.2) is 55.0 Å². The number of halogens is 3. The van der Waals surface area contributed by atoms with E-state index in [2.05, 4.69) is 24.4 Å². The van der Waals surface area contributed by atoms with Crippen molar-refractivity contribution in [2.24, 2.45) is 5.73 Å². The van der Waals surface area contributed by atoms with E-state index in [0.717, 1.165) is 25.6 Å². The van der Waals surface area contributed by atoms with E-state index in [4.69, 9.17) is 37.8 Å². The highest BCUT2D eigenvalue weighted by Gasteiger charge is 2.14. The van der Waals surface area contributed by atoms with Crippen molar-refractivity contribution in [3.8, 4) is 12.1 Å². The maximum atomic E-state index is 11.4. The van der Waals surface area contributed by atoms with Gasteiger partial charge in [-0.05, 0) is 35.9 Å². The van der Waals surface area contributed by atoms with E-state index < -0.39 is 29.7 Å². The molecule has 0 aromatic carbocycles. The van der Waals surface area contributed by atoms with Gasteiger partial charge in [-0.15, -0.1) is 24.8 Å². The van der Waals surface area contributed by atoms with E-state index in [0.29, 0.717) is 23.5 Å². The average molecular weight is 824 g/mol. The summed E-state index contributed by atoms with van der Waals surface area (Å²) in [6.45, 7) is 0.383. The van der Waals surface area contributed by atoms with Crippen molar-refractivity contribution in [2.45, 2.75) is 6.54 Å². The first-order valence-electron chi connectivity index (χ1n) is 12.8. The van der Waals surface area contributed by atoms with Gasteiger partial charge < -0.3 is 16.6 Å². The highest BCUT2D eigenvalue weighted by atomic mass is 35.7. The summed E-state index contributed by atoms with van der Waals surface area (Å²) in [5.74, 6) is 0.901. The van der Waals surface area contributed by atoms with Crippen LogP contribution < -0.4 is 20.9 Å². The molecular formula is C25H41Cl3N12O7S3. The van der Waals surface area contributed by atoms with Crippen LogP contribution in [0.2, 0.25) is 0 Å². The molecule has 0 aliphatic rings. The average Bonchev–Trinajstić information content (AvgIpc) is 3.03. The molecule has 0 unspecified atom stereocenters. The zero-order valence-corrected chi connectivity index (χ0v) is 32.8. The molecule has 0 saturated heterocycles. The Balaban J connectivity index is -0.000000285. The SMILES string of the molecule is CN(C)S(=O)(=O)Cl.CN(C)S(=O)(=O)Nc1ccc(C#N)cn1.CN(C)S(=O)(=O)Nc1ccc(CN)cn1.CO.Cl.Cl.N#Cc1ccc(N)nc1. The molecule has 0 atom stereocenters. The highest BCUT2D eigenvalue weighted by molar-refractivity contribution is 8.11. The van der Waals surface area contributed by atoms with Crippen molar-refractivity contribution < 1.29 is 30.4 Å². The molecule has 3 aromatic heterocycles. The number of hydrogen-bond acceptors (Lipinski definition) is 14. The fourth-order valence-electron chi connectivity index (χ4n) is 2.04. The Bertz CT molecular complexity index is 1790. The molecule has 0 spiro atoms. The third kappa shape index (κ3) is 22.9. The Morgan fingerprint density at radius 1 is 0.700 bits per heavy atom. The Labute approximate surface area is 310 Å². The molecule has 0 fully saturated rings. The second-order valence-electron chi connectivity index (χ2n) is 8.89. The molecule has 50 heavy (non-hydrogen) atoms. The van der Waals surface area contributed by atoms with Gasteiger partial charge in [0.25, 0.3) is 9.24 Å². The minimum atomic E-state index is -3.53. The third-order valence-corrected chi connectivity index (χ3v) is 9.29. The van der Waals surface area contributed by atoms with Gasteiger partial charge in [-0.2, -0.15) is 48.7 Å². The van der Waals surface area contributed by atoms with Gasteiger partial charge in [0.2, 0.25) is 0 Å². The number of aromatic nitrogens is 3. The van der Waals surface area contributed by atoms with Crippen molar-refractivity contribution in [1.82, 2.24) is 27.9 Å². The summed E-state index contributed by atoms with van der Waals surface area (Å²) in [5, 5.41) is 23.8. The van der Waals surface area contributed by atoms with Crippen LogP contribution in [0.5, 0.6) is 0 Å². The topological polar surface area (TPSA) is 295 Å². The van der Waals surface area contributed by atoms with E-state index >= 15 is 0 Å². The van der Waals surface area contributed by atoms with Crippen LogP contribution in [0, 0.1) is 22.7 Å². The molecule has 7 N–H and O–H groups in total. The lowest BCUT2D eigenvalue weighted by Gasteiger charge is -2.12. The lowest BCUT2D eigenvalue weighted by Crippen LogP contribution is -2.29. The lowest BCUT2D eigenvalue weighted by atomic mass is 10.3. The number of nitrogen functional groups attached to an aromatic ring is 1. The van der Waals surface area contributed by atoms with E-state index in [1.807, 2.05) is 12.1 Å². The van der Waals surface area contributed by atoms with Gasteiger partial charge in [-0.1, -0.05) is 6.07 Å². The summed E-state index contributed by atoms with van der Waals surface area (Å²) >= 11 is 0. The molecule has 3 rings (SSSR count). The minimum absolute atomic E-state index is 0. The smallest absolute Gasteiger partial charge is 0.302 e. The highest BCUT2D eigenvalue weighted by Crippen LogP contribution is 2.08. The van der Waals surface area contributed by atoms with Crippen LogP contribution in [-0.2, 0) is 36.2 Å². The first kappa shape index (κ1) is 53.1. The summed E-state index contributed by atoms with van der Waals surface area (Å²) in [7, 11) is 3.74. The van der Waals surface area contributed by atoms with Crippen molar-refractivity contribution in [1.29, 1.82) is 10.5 Å². The van der Waals surface area contributed by atoms with E-state index in [-0.39, 0.29) is 36.4 Å². The standard InChI is InChI=1S/C8H14N4O2S.C8H10N4O2S.C6H5N3.C2H6ClNO2S.CH4O.2ClH/c2*1-12(2)15(13,14)11-8-4-3-7(5-9)6-10-8;7-3-5-1-2-6(8)9-4-5;1-4(2)7(3,5)6;1-2;;/h3-4,6H,5,9H2,1-2H3,(H,10,11);3-4,6H,1-2H3,(H,10,11);1-2,4H,(H2,8,9);1-2H3;2H,1H3;2*1H. The van der Waals surface area contributed by atoms with Crippen molar-refractivity contribution in [3.05, 3.63) is 71.7 Å². The molecule has 25 heteroatoms. The van der Waals surface area contributed by atoms with Crippen LogP contribution in [0.25, 0.3) is 0 Å². The summed E-state index contributed by atoms with van der Waals surface area (Å²) in [6, 6.07) is 13.3. The van der Waals surface area contributed by atoms with Crippen molar-refractivity contribution >= 4 is 82.6 Å². The molecule has 282 valence electrons. The molecule has 0 aliphatic carbocycles. The Hall–Kier alpha value is -3.65. The zero-order valence-electron chi connectivity index (χ0n) is 28.0. The van der Waals surface area contributed by atoms with Crippen LogP contribution in [-0.4, -0.2) is 108 Å². The number of nitrogens with zero attached hydrogens (tertiary/aromatic N) is 8. The van der Waals surface area contributed by atoms with Crippen molar-refractivity contribution in [3.63, 3.8) is 0 Å². The van der Waals surface area contributed by atoms with Crippen LogP contribution in [0.4, 0.5) is 17.5 Å². The molecule has 0 amide bonds. The fraction of sp³-hybridized carbons (Fsp3) is 0.320. The number of anilines is 3. The predicted octanol–water partition coefficient (Wildman–Crippen LogP) is 0.949. The quantitative estimate of drug-likeness (QED) is 0.198. The number of nitriles is 2. The Morgan fingerprint density at radius 3 is 1.30 bits per heavy atom. The van der Waals surface area contributed by atoms with Crippen LogP contribution >= 0.6 is 35.5 Å². The second-order valence-corrected chi connectivity index (χ2v) is 15.4. The maximum Gasteiger partial charge on any atom is 0.302 e. The number of pyridine rings is 3. The lowest BCUT2D eigenvalue weighted by molar-refractivity contribution is 0.399. The van der Waals surface area contributed by atoms with Gasteiger partial charge in [-0.3, -0.25) is 9.44 Å². The number of aliphatic hydroxyl groups excluding tert-OH is 1. The molecule has 3 aromatic rings. The van der Waals surface area contributed by atoms with E-state index in [1.54, 1.807) is 24.3 Å². The monoisotopic (exact) mass is 822 g/mol. The number of nitrogens with one attached hydrogen (secondary N) is 2. The fourth-order valence-corrected chi connectivity index (χ4v) is 3.18. The minimum Gasteiger partial charge on any atom is -0.400 e. The molecule has 3 heterocycles. The van der Waals surface area contributed by atoms with Crippen molar-refractivity contribution in [2.75, 3.05) is 64.6 Å². The molecule has 0 saturated carbocycles. The molecule has 0 bridgehead atoms. The summed E-state index contributed by atoms with van der Waals surface area (Å²) < 4.78 is 73.2. The van der Waals surface area contributed by atoms with E-state index in [9.17, 15) is 25.3 Å². The van der Waals surface area contributed by atoms with Gasteiger partial charge in [0.15, 0.2) is 0 Å². The zero-order chi connectivity index (χ0) is 37.7. The van der Waals surface area contributed by atoms with Gasteiger partial charge in [-0.25, -0.2) is 15.0 Å². The first-order valence-corrected chi connectivity index (χ1v) is 17.9. The van der Waals surface area contributed by atoms with Gasteiger partial charge >= 0.3 is 20.4 Å². The number of nitrogens with two attached hydrogens (primary N) is 2. The number of aliphatic hydroxyl groups is 1. The van der Waals surface area contributed by atoms with Gasteiger partial charge in [0.05, 0.1) is 11.1 Å². The Kier molecular flexibility index (Phi) is 27.8. The molecule has 0 radical (unpaired) electrons. The molecular weight excluding hydrogens is 783 g/mol. The summed E-state index contributed by atoms with van der Waals surface area (Å²) in [4.78, 5) is 11.4. The summed E-state index contributed by atoms with van der Waals surface area (Å²) in [6.07, 6.45) is 4.27. The van der Waals surface area contributed by atoms with Gasteiger partial charge in [0, 0.05) is 85.2 Å². The van der Waals surface area contributed by atoms with Gasteiger partial charge in [0.1, 0.15) is 29.6 Å². The molecule has 19 nitrogen and oxygen atoms in total. The maximum absolute atomic E-state index is 11.4. The van der Waals surface area contributed by atoms with E-state index in [1.165, 1.54) is 73.0 Å². The van der Waals surface area contributed by atoms with Crippen LogP contribution in [0.3, 0.4) is 0 Å². The van der Waals surface area contributed by atoms with Crippen LogP contribution in [0.1, 0.15) is 16.7 Å². The Morgan fingerprint density at radius 2 is 1.06 bits per heavy atom. The first-order chi connectivity index (χ1) is 22.2. The number of rotatable bonds is 8. The normalized spacial score (nSPS) is 10.2. The number of hydrogen-bond donors (Lipinski definition) is 5. The third-order valence-electron chi connectivity index (χ3n) is 4.73. The summed E-state index contributed by atoms with van der Waals surface area (Å²) in [5.41, 5.74) is 12.4. The molecule has 0 aliphatic heterocycles. The predicted molar refractivity (Wildman–Crippen MR) is 198 cm³/mol. The largest absolute Gasteiger partial charge is 0.400 e.